The zero-order valence-corrected chi connectivity index (χ0v) is 7.75. The van der Waals surface area contributed by atoms with Gasteiger partial charge in [0, 0.05) is 18.8 Å². The van der Waals surface area contributed by atoms with Gasteiger partial charge in [-0.05, 0) is 13.3 Å². The fourth-order valence-corrected chi connectivity index (χ4v) is 0.329. The third-order valence-corrected chi connectivity index (χ3v) is 0.915. The summed E-state index contributed by atoms with van der Waals surface area (Å²) in [5.41, 5.74) is 0. The molecule has 0 saturated heterocycles. The molecule has 0 aromatic carbocycles. The van der Waals surface area contributed by atoms with Gasteiger partial charge in [-0.2, -0.15) is 0 Å². The van der Waals surface area contributed by atoms with Crippen molar-refractivity contribution in [2.75, 3.05) is 6.61 Å². The molecule has 0 aromatic rings. The minimum absolute atomic E-state index is 0.0810. The van der Waals surface area contributed by atoms with Gasteiger partial charge in [-0.15, -0.1) is 0 Å². The summed E-state index contributed by atoms with van der Waals surface area (Å²) >= 11 is 0. The maximum atomic E-state index is 9.55. The average molecular weight is 206 g/mol. The van der Waals surface area contributed by atoms with E-state index < -0.39 is 11.9 Å². The van der Waals surface area contributed by atoms with Crippen molar-refractivity contribution in [3.05, 3.63) is 12.2 Å². The molecule has 0 amide bonds. The Kier molecular flexibility index (Phi) is 10.4. The summed E-state index contributed by atoms with van der Waals surface area (Å²) in [5.74, 6) is -2.51. The molecule has 0 aliphatic heterocycles. The summed E-state index contributed by atoms with van der Waals surface area (Å²) in [6.07, 6.45) is 1.25. The number of carbonyl (C=O) groups is 2. The minimum Gasteiger partial charge on any atom is -0.478 e. The fraction of sp³-hybridized carbons (Fsp3) is 0.500. The maximum Gasteiger partial charge on any atom is 0.328 e. The van der Waals surface area contributed by atoms with Crippen LogP contribution in [-0.4, -0.2) is 45.1 Å². The van der Waals surface area contributed by atoms with Crippen molar-refractivity contribution in [1.29, 1.82) is 0 Å². The summed E-state index contributed by atoms with van der Waals surface area (Å²) in [7, 11) is 0. The van der Waals surface area contributed by atoms with Crippen molar-refractivity contribution in [1.82, 2.24) is 0 Å². The highest BCUT2D eigenvalue weighted by atomic mass is 16.4. The van der Waals surface area contributed by atoms with E-state index in [0.717, 1.165) is 0 Å². The molecule has 0 aliphatic rings. The van der Waals surface area contributed by atoms with E-state index in [4.69, 9.17) is 20.4 Å². The molecule has 0 heterocycles. The van der Waals surface area contributed by atoms with Crippen LogP contribution >= 0.6 is 0 Å². The summed E-state index contributed by atoms with van der Waals surface area (Å²) in [5, 5.41) is 32.1. The molecule has 14 heavy (non-hydrogen) atoms. The zero-order chi connectivity index (χ0) is 11.6. The minimum atomic E-state index is -1.26. The number of aliphatic hydroxyl groups excluding tert-OH is 2. The second kappa shape index (κ2) is 9.69. The number of aliphatic hydroxyl groups is 2. The van der Waals surface area contributed by atoms with E-state index in [2.05, 4.69) is 0 Å². The van der Waals surface area contributed by atoms with Crippen LogP contribution in [0.4, 0.5) is 0 Å². The van der Waals surface area contributed by atoms with E-state index in [-0.39, 0.29) is 12.7 Å². The Labute approximate surface area is 81.1 Å². The Morgan fingerprint density at radius 1 is 1.21 bits per heavy atom. The molecule has 0 rings (SSSR count). The Morgan fingerprint density at radius 3 is 1.64 bits per heavy atom. The molecule has 0 fully saturated rings. The van der Waals surface area contributed by atoms with Gasteiger partial charge in [-0.25, -0.2) is 9.59 Å². The van der Waals surface area contributed by atoms with Gasteiger partial charge >= 0.3 is 11.9 Å². The van der Waals surface area contributed by atoms with Crippen molar-refractivity contribution in [3.63, 3.8) is 0 Å². The summed E-state index contributed by atoms with van der Waals surface area (Å²) in [4.78, 5) is 19.1. The third-order valence-electron chi connectivity index (χ3n) is 0.915. The maximum absolute atomic E-state index is 9.55. The molecule has 6 heteroatoms. The first kappa shape index (κ1) is 15.1. The standard InChI is InChI=1S/C4H4O4.C4H10O2/c5-3(6)1-2-4(7)8;1-4(6)2-3-5/h1-2H,(H,5,6)(H,7,8);4-6H,2-3H2,1H3. The SMILES string of the molecule is CC(O)CCO.O=C(O)C=CC(=O)O. The number of hydrogen-bond acceptors (Lipinski definition) is 4. The molecule has 0 radical (unpaired) electrons. The molecule has 1 unspecified atom stereocenters. The van der Waals surface area contributed by atoms with E-state index in [9.17, 15) is 9.59 Å². The van der Waals surface area contributed by atoms with E-state index in [1.807, 2.05) is 0 Å². The lowest BCUT2D eigenvalue weighted by atomic mass is 10.3. The lowest BCUT2D eigenvalue weighted by Gasteiger charge is -1.95. The van der Waals surface area contributed by atoms with Crippen LogP contribution in [0.25, 0.3) is 0 Å². The fourth-order valence-electron chi connectivity index (χ4n) is 0.329. The number of carboxylic acids is 2. The zero-order valence-electron chi connectivity index (χ0n) is 7.75. The van der Waals surface area contributed by atoms with Crippen LogP contribution in [0.15, 0.2) is 12.2 Å². The van der Waals surface area contributed by atoms with Crippen LogP contribution in [0.1, 0.15) is 13.3 Å². The Morgan fingerprint density at radius 2 is 1.57 bits per heavy atom. The predicted molar refractivity (Wildman–Crippen MR) is 47.8 cm³/mol. The largest absolute Gasteiger partial charge is 0.478 e. The van der Waals surface area contributed by atoms with Gasteiger partial charge in [0.15, 0.2) is 0 Å². The summed E-state index contributed by atoms with van der Waals surface area (Å²) in [6.45, 7) is 1.73. The first-order valence-electron chi connectivity index (χ1n) is 3.83. The number of carboxylic acid groups (broad SMARTS) is 2. The van der Waals surface area contributed by atoms with Gasteiger partial charge in [-0.3, -0.25) is 0 Å². The van der Waals surface area contributed by atoms with E-state index >= 15 is 0 Å². The monoisotopic (exact) mass is 206 g/mol. The van der Waals surface area contributed by atoms with Crippen molar-refractivity contribution >= 4 is 11.9 Å². The van der Waals surface area contributed by atoms with Crippen molar-refractivity contribution < 1.29 is 30.0 Å². The molecule has 0 aromatic heterocycles. The van der Waals surface area contributed by atoms with Gasteiger partial charge in [0.1, 0.15) is 0 Å². The summed E-state index contributed by atoms with van der Waals surface area (Å²) in [6, 6.07) is 0. The van der Waals surface area contributed by atoms with Gasteiger partial charge in [0.05, 0.1) is 6.10 Å². The Bertz CT molecular complexity index is 180. The van der Waals surface area contributed by atoms with Crippen molar-refractivity contribution in [2.45, 2.75) is 19.4 Å². The van der Waals surface area contributed by atoms with Crippen molar-refractivity contribution in [2.24, 2.45) is 0 Å². The molecule has 82 valence electrons. The highest BCUT2D eigenvalue weighted by molar-refractivity contribution is 5.89. The highest BCUT2D eigenvalue weighted by Gasteiger charge is 1.88. The first-order valence-corrected chi connectivity index (χ1v) is 3.83. The van der Waals surface area contributed by atoms with Crippen LogP contribution in [0.3, 0.4) is 0 Å². The van der Waals surface area contributed by atoms with E-state index in [1.165, 1.54) is 0 Å². The van der Waals surface area contributed by atoms with Crippen molar-refractivity contribution in [3.8, 4) is 0 Å². The second-order valence-electron chi connectivity index (χ2n) is 2.37. The van der Waals surface area contributed by atoms with Gasteiger partial charge in [0.2, 0.25) is 0 Å². The number of hydrogen-bond donors (Lipinski definition) is 4. The molecule has 0 saturated carbocycles. The van der Waals surface area contributed by atoms with Gasteiger partial charge < -0.3 is 20.4 Å². The summed E-state index contributed by atoms with van der Waals surface area (Å²) < 4.78 is 0. The molecule has 0 spiro atoms. The van der Waals surface area contributed by atoms with Gasteiger partial charge in [-0.1, -0.05) is 0 Å². The van der Waals surface area contributed by atoms with Crippen LogP contribution in [0.2, 0.25) is 0 Å². The topological polar surface area (TPSA) is 115 Å². The lowest BCUT2D eigenvalue weighted by Crippen LogP contribution is -2.00. The molecular weight excluding hydrogens is 192 g/mol. The smallest absolute Gasteiger partial charge is 0.328 e. The quantitative estimate of drug-likeness (QED) is 0.459. The Hall–Kier alpha value is -1.40. The molecular formula is C8H14O6. The second-order valence-corrected chi connectivity index (χ2v) is 2.37. The molecule has 0 bridgehead atoms. The normalized spacial score (nSPS) is 11.6. The number of aliphatic carboxylic acids is 2. The van der Waals surface area contributed by atoms with Crippen LogP contribution < -0.4 is 0 Å². The predicted octanol–water partition coefficient (Wildman–Crippen LogP) is -0.539. The van der Waals surface area contributed by atoms with E-state index in [1.54, 1.807) is 6.92 Å². The van der Waals surface area contributed by atoms with E-state index in [0.29, 0.717) is 18.6 Å². The lowest BCUT2D eigenvalue weighted by molar-refractivity contribution is -0.134. The molecule has 0 aliphatic carbocycles. The molecule has 6 nitrogen and oxygen atoms in total. The van der Waals surface area contributed by atoms with Gasteiger partial charge in [0.25, 0.3) is 0 Å². The average Bonchev–Trinajstić information content (AvgIpc) is 2.01. The molecule has 1 atom stereocenters. The van der Waals surface area contributed by atoms with Crippen LogP contribution in [0.5, 0.6) is 0 Å². The number of rotatable bonds is 4. The van der Waals surface area contributed by atoms with Crippen LogP contribution in [-0.2, 0) is 9.59 Å². The molecule has 4 N–H and O–H groups in total. The van der Waals surface area contributed by atoms with Crippen LogP contribution in [0, 0.1) is 0 Å². The third kappa shape index (κ3) is 22.4. The first-order chi connectivity index (χ1) is 6.40. The highest BCUT2D eigenvalue weighted by Crippen LogP contribution is 1.83. The Balaban J connectivity index is 0.